The van der Waals surface area contributed by atoms with Crippen LogP contribution in [0.4, 0.5) is 0 Å². The third-order valence-corrected chi connectivity index (χ3v) is 7.47. The summed E-state index contributed by atoms with van der Waals surface area (Å²) in [6, 6.07) is 14.7. The fraction of sp³-hybridized carbons (Fsp3) is 0.500. The van der Waals surface area contributed by atoms with E-state index in [1.807, 2.05) is 71.0 Å². The number of nitrogens with one attached hydrogen (secondary N) is 1. The Bertz CT molecular complexity index is 1020. The summed E-state index contributed by atoms with van der Waals surface area (Å²) < 4.78 is 0. The van der Waals surface area contributed by atoms with Crippen LogP contribution in [0.3, 0.4) is 0 Å². The average Bonchev–Trinajstić information content (AvgIpc) is 2.78. The Morgan fingerprint density at radius 2 is 1.76 bits per heavy atom. The number of amides is 2. The minimum Gasteiger partial charge on any atom is -0.384 e. The maximum absolute atomic E-state index is 13.5. The standard InChI is InChI=1S/C28H37ClN2O3/c1-19(2)25(30-24(32)15-10-21-9-7-6-8-20(21)3)26(33)31-17-16-28(34,27(4,5)18-31)22-11-13-23(29)14-12-22/h6-9,11-14,19,25,34H,10,15-18H2,1-5H3,(H,30,32)/t25-,28+/m1/s1. The minimum atomic E-state index is -1.07. The smallest absolute Gasteiger partial charge is 0.245 e. The van der Waals surface area contributed by atoms with Gasteiger partial charge in [0.05, 0.1) is 5.60 Å². The highest BCUT2D eigenvalue weighted by Crippen LogP contribution is 2.46. The molecular weight excluding hydrogens is 448 g/mol. The summed E-state index contributed by atoms with van der Waals surface area (Å²) in [4.78, 5) is 28.0. The van der Waals surface area contributed by atoms with Crippen molar-refractivity contribution in [2.24, 2.45) is 11.3 Å². The van der Waals surface area contributed by atoms with Crippen LogP contribution in [-0.2, 0) is 21.6 Å². The van der Waals surface area contributed by atoms with Gasteiger partial charge in [0.25, 0.3) is 0 Å². The van der Waals surface area contributed by atoms with Gasteiger partial charge >= 0.3 is 0 Å². The Kier molecular flexibility index (Phi) is 8.10. The first-order valence-corrected chi connectivity index (χ1v) is 12.4. The van der Waals surface area contributed by atoms with Gasteiger partial charge < -0.3 is 15.3 Å². The summed E-state index contributed by atoms with van der Waals surface area (Å²) in [6.07, 6.45) is 1.39. The average molecular weight is 485 g/mol. The van der Waals surface area contributed by atoms with E-state index in [0.717, 1.165) is 16.7 Å². The fourth-order valence-corrected chi connectivity index (χ4v) is 4.99. The first-order valence-electron chi connectivity index (χ1n) is 12.1. The highest BCUT2D eigenvalue weighted by atomic mass is 35.5. The molecule has 0 radical (unpaired) electrons. The SMILES string of the molecule is Cc1ccccc1CCC(=O)N[C@@H](C(=O)N1CC[C@](O)(c2ccc(Cl)cc2)C(C)(C)C1)C(C)C. The van der Waals surface area contributed by atoms with Crippen LogP contribution in [0.25, 0.3) is 0 Å². The molecular formula is C28H37ClN2O3. The predicted octanol–water partition coefficient (Wildman–Crippen LogP) is 4.87. The summed E-state index contributed by atoms with van der Waals surface area (Å²) in [6.45, 7) is 10.7. The summed E-state index contributed by atoms with van der Waals surface area (Å²) in [5, 5.41) is 15.2. The van der Waals surface area contributed by atoms with Crippen molar-refractivity contribution < 1.29 is 14.7 Å². The number of rotatable bonds is 7. The van der Waals surface area contributed by atoms with E-state index >= 15 is 0 Å². The molecule has 0 spiro atoms. The molecule has 34 heavy (non-hydrogen) atoms. The van der Waals surface area contributed by atoms with Gasteiger partial charge in [-0.1, -0.05) is 75.7 Å². The van der Waals surface area contributed by atoms with Crippen LogP contribution in [0.5, 0.6) is 0 Å². The van der Waals surface area contributed by atoms with Gasteiger partial charge in [0, 0.05) is 29.9 Å². The van der Waals surface area contributed by atoms with Crippen LogP contribution in [0.2, 0.25) is 5.02 Å². The van der Waals surface area contributed by atoms with Crippen LogP contribution in [0.1, 0.15) is 57.2 Å². The molecule has 1 aliphatic heterocycles. The maximum atomic E-state index is 13.5. The number of carbonyl (C=O) groups excluding carboxylic acids is 2. The van der Waals surface area contributed by atoms with E-state index in [0.29, 0.717) is 37.4 Å². The Balaban J connectivity index is 1.67. The zero-order chi connectivity index (χ0) is 25.1. The molecule has 2 atom stereocenters. The lowest BCUT2D eigenvalue weighted by molar-refractivity contribution is -0.156. The van der Waals surface area contributed by atoms with E-state index in [1.54, 1.807) is 17.0 Å². The van der Waals surface area contributed by atoms with Crippen LogP contribution >= 0.6 is 11.6 Å². The van der Waals surface area contributed by atoms with Gasteiger partial charge in [-0.25, -0.2) is 0 Å². The molecule has 5 nitrogen and oxygen atoms in total. The molecule has 2 amide bonds. The minimum absolute atomic E-state index is 0.0462. The molecule has 1 aliphatic rings. The number of hydrogen-bond donors (Lipinski definition) is 2. The number of aliphatic hydroxyl groups is 1. The second-order valence-electron chi connectivity index (χ2n) is 10.5. The van der Waals surface area contributed by atoms with Gasteiger partial charge in [-0.15, -0.1) is 0 Å². The van der Waals surface area contributed by atoms with E-state index < -0.39 is 17.1 Å². The molecule has 184 valence electrons. The number of halogens is 1. The Morgan fingerprint density at radius 1 is 1.12 bits per heavy atom. The molecule has 6 heteroatoms. The molecule has 2 aromatic rings. The third-order valence-electron chi connectivity index (χ3n) is 7.21. The summed E-state index contributed by atoms with van der Waals surface area (Å²) in [5.74, 6) is -0.259. The first kappa shape index (κ1) is 26.2. The fourth-order valence-electron chi connectivity index (χ4n) is 4.87. The number of hydrogen-bond acceptors (Lipinski definition) is 3. The Labute approximate surface area is 208 Å². The topological polar surface area (TPSA) is 69.6 Å². The Hall–Kier alpha value is -2.37. The van der Waals surface area contributed by atoms with Crippen LogP contribution in [-0.4, -0.2) is 41.0 Å². The third kappa shape index (κ3) is 5.64. The molecule has 0 aliphatic carbocycles. The number of piperidine rings is 1. The quantitative estimate of drug-likeness (QED) is 0.589. The maximum Gasteiger partial charge on any atom is 0.245 e. The van der Waals surface area contributed by atoms with Crippen molar-refractivity contribution in [3.05, 3.63) is 70.2 Å². The number of nitrogens with zero attached hydrogens (tertiary/aromatic N) is 1. The normalized spacial score (nSPS) is 20.8. The molecule has 1 heterocycles. The monoisotopic (exact) mass is 484 g/mol. The van der Waals surface area contributed by atoms with Gasteiger partial charge in [0.2, 0.25) is 11.8 Å². The van der Waals surface area contributed by atoms with E-state index in [9.17, 15) is 14.7 Å². The zero-order valence-corrected chi connectivity index (χ0v) is 21.7. The van der Waals surface area contributed by atoms with Crippen molar-refractivity contribution in [2.75, 3.05) is 13.1 Å². The van der Waals surface area contributed by atoms with Crippen molar-refractivity contribution >= 4 is 23.4 Å². The lowest BCUT2D eigenvalue weighted by atomic mass is 9.66. The molecule has 0 bridgehead atoms. The van der Waals surface area contributed by atoms with Crippen molar-refractivity contribution in [1.29, 1.82) is 0 Å². The lowest BCUT2D eigenvalue weighted by Crippen LogP contribution is -2.60. The largest absolute Gasteiger partial charge is 0.384 e. The summed E-state index contributed by atoms with van der Waals surface area (Å²) in [7, 11) is 0. The molecule has 2 N–H and O–H groups in total. The molecule has 3 rings (SSSR count). The molecule has 1 fully saturated rings. The zero-order valence-electron chi connectivity index (χ0n) is 20.9. The van der Waals surface area contributed by atoms with E-state index in [2.05, 4.69) is 5.32 Å². The predicted molar refractivity (Wildman–Crippen MR) is 137 cm³/mol. The molecule has 0 unspecified atom stereocenters. The highest BCUT2D eigenvalue weighted by Gasteiger charge is 2.50. The van der Waals surface area contributed by atoms with Crippen molar-refractivity contribution in [2.45, 2.75) is 65.5 Å². The number of benzene rings is 2. The Morgan fingerprint density at radius 3 is 2.35 bits per heavy atom. The lowest BCUT2D eigenvalue weighted by Gasteiger charge is -2.51. The van der Waals surface area contributed by atoms with Crippen LogP contribution in [0.15, 0.2) is 48.5 Å². The summed E-state index contributed by atoms with van der Waals surface area (Å²) >= 11 is 6.03. The van der Waals surface area contributed by atoms with Gasteiger partial charge in [-0.05, 0) is 54.5 Å². The molecule has 0 aromatic heterocycles. The number of aryl methyl sites for hydroxylation is 2. The first-order chi connectivity index (χ1) is 15.9. The van der Waals surface area contributed by atoms with Gasteiger partial charge in [0.1, 0.15) is 6.04 Å². The van der Waals surface area contributed by atoms with E-state index in [4.69, 9.17) is 11.6 Å². The molecule has 2 aromatic carbocycles. The highest BCUT2D eigenvalue weighted by molar-refractivity contribution is 6.30. The van der Waals surface area contributed by atoms with Crippen LogP contribution in [0, 0.1) is 18.3 Å². The van der Waals surface area contributed by atoms with Crippen LogP contribution < -0.4 is 5.32 Å². The second-order valence-corrected chi connectivity index (χ2v) is 10.9. The van der Waals surface area contributed by atoms with E-state index in [-0.39, 0.29) is 17.7 Å². The van der Waals surface area contributed by atoms with Gasteiger partial charge in [0.15, 0.2) is 0 Å². The number of likely N-dealkylation sites (tertiary alicyclic amines) is 1. The van der Waals surface area contributed by atoms with Crippen molar-refractivity contribution in [3.8, 4) is 0 Å². The summed E-state index contributed by atoms with van der Waals surface area (Å²) in [5.41, 5.74) is 1.46. The molecule has 0 saturated carbocycles. The van der Waals surface area contributed by atoms with Crippen molar-refractivity contribution in [1.82, 2.24) is 10.2 Å². The van der Waals surface area contributed by atoms with E-state index in [1.165, 1.54) is 0 Å². The van der Waals surface area contributed by atoms with Crippen molar-refractivity contribution in [3.63, 3.8) is 0 Å². The number of carbonyl (C=O) groups is 2. The second kappa shape index (κ2) is 10.5. The van der Waals surface area contributed by atoms with Gasteiger partial charge in [-0.3, -0.25) is 9.59 Å². The van der Waals surface area contributed by atoms with Gasteiger partial charge in [-0.2, -0.15) is 0 Å². The molecule has 1 saturated heterocycles.